The lowest BCUT2D eigenvalue weighted by atomic mass is 9.67. The second-order valence-electron chi connectivity index (χ2n) is 7.55. The number of aliphatic carboxylic acids is 1. The third-order valence-electron chi connectivity index (χ3n) is 4.41. The van der Waals surface area contributed by atoms with E-state index in [4.69, 9.17) is 10.1 Å². The third kappa shape index (κ3) is 4.11. The molecule has 1 aromatic heterocycles. The number of hydrogen-bond acceptors (Lipinski definition) is 3. The summed E-state index contributed by atoms with van der Waals surface area (Å²) < 4.78 is 0. The van der Waals surface area contributed by atoms with Crippen LogP contribution in [0.15, 0.2) is 30.0 Å². The van der Waals surface area contributed by atoms with Gasteiger partial charge in [-0.25, -0.2) is 9.78 Å². The van der Waals surface area contributed by atoms with Crippen molar-refractivity contribution in [3.63, 3.8) is 0 Å². The number of allylic oxidation sites excluding steroid dienone is 3. The molecule has 1 aliphatic rings. The van der Waals surface area contributed by atoms with Crippen molar-refractivity contribution < 1.29 is 9.90 Å². The monoisotopic (exact) mass is 324 g/mol. The molecule has 1 aliphatic carbocycles. The molecular formula is C20H24N2O2. The van der Waals surface area contributed by atoms with Gasteiger partial charge in [-0.1, -0.05) is 39.7 Å². The Kier molecular flexibility index (Phi) is 4.94. The Morgan fingerprint density at radius 3 is 2.46 bits per heavy atom. The molecule has 0 saturated heterocycles. The fraction of sp³-hybridized carbons (Fsp3) is 0.450. The van der Waals surface area contributed by atoms with E-state index in [1.807, 2.05) is 0 Å². The lowest BCUT2D eigenvalue weighted by Crippen LogP contribution is -2.36. The van der Waals surface area contributed by atoms with Crippen molar-refractivity contribution in [2.75, 3.05) is 0 Å². The highest BCUT2D eigenvalue weighted by Crippen LogP contribution is 2.43. The summed E-state index contributed by atoms with van der Waals surface area (Å²) >= 11 is 0. The van der Waals surface area contributed by atoms with Crippen LogP contribution in [-0.4, -0.2) is 21.0 Å². The average molecular weight is 324 g/mol. The van der Waals surface area contributed by atoms with Crippen LogP contribution in [0.1, 0.15) is 64.5 Å². The largest absolute Gasteiger partial charge is 0.478 e. The maximum atomic E-state index is 10.5. The number of aromatic nitrogens is 2. The average Bonchev–Trinajstić information content (AvgIpc) is 2.48. The van der Waals surface area contributed by atoms with E-state index in [9.17, 15) is 4.79 Å². The fourth-order valence-corrected chi connectivity index (χ4v) is 2.81. The van der Waals surface area contributed by atoms with Gasteiger partial charge < -0.3 is 5.11 Å². The maximum absolute atomic E-state index is 10.5. The molecule has 2 rings (SSSR count). The van der Waals surface area contributed by atoms with Gasteiger partial charge in [0.2, 0.25) is 0 Å². The third-order valence-corrected chi connectivity index (χ3v) is 4.41. The minimum absolute atomic E-state index is 0.00615. The minimum atomic E-state index is -0.962. The van der Waals surface area contributed by atoms with Gasteiger partial charge in [-0.15, -0.1) is 0 Å². The molecule has 0 radical (unpaired) electrons. The Balaban J connectivity index is 2.28. The van der Waals surface area contributed by atoms with Gasteiger partial charge in [0.05, 0.1) is 17.6 Å². The van der Waals surface area contributed by atoms with Crippen molar-refractivity contribution in [2.45, 2.75) is 58.3 Å². The van der Waals surface area contributed by atoms with Crippen LogP contribution in [0.2, 0.25) is 0 Å². The van der Waals surface area contributed by atoms with Crippen molar-refractivity contribution >= 4 is 5.97 Å². The first kappa shape index (κ1) is 17.9. The summed E-state index contributed by atoms with van der Waals surface area (Å²) in [5.41, 5.74) is 3.44. The van der Waals surface area contributed by atoms with Gasteiger partial charge in [-0.05, 0) is 37.3 Å². The highest BCUT2D eigenvalue weighted by molar-refractivity contribution is 5.81. The number of rotatable bonds is 2. The first-order valence-corrected chi connectivity index (χ1v) is 8.09. The van der Waals surface area contributed by atoms with Crippen LogP contribution < -0.4 is 0 Å². The second-order valence-corrected chi connectivity index (χ2v) is 7.55. The molecule has 1 N–H and O–H groups in total. The zero-order valence-electron chi connectivity index (χ0n) is 15.0. The summed E-state index contributed by atoms with van der Waals surface area (Å²) in [6.45, 7) is 10.5. The summed E-state index contributed by atoms with van der Waals surface area (Å²) in [5, 5.41) is 8.66. The predicted molar refractivity (Wildman–Crippen MR) is 94.7 cm³/mol. The molecule has 0 bridgehead atoms. The number of carbonyl (C=O) groups is 1. The van der Waals surface area contributed by atoms with Gasteiger partial charge in [-0.3, -0.25) is 4.98 Å². The van der Waals surface area contributed by atoms with Crippen molar-refractivity contribution in [1.29, 1.82) is 0 Å². The summed E-state index contributed by atoms with van der Waals surface area (Å²) in [6, 6.07) is 0. The number of carboxylic acids is 1. The van der Waals surface area contributed by atoms with E-state index in [0.717, 1.165) is 30.3 Å². The first-order valence-electron chi connectivity index (χ1n) is 8.09. The molecule has 0 unspecified atom stereocenters. The number of carboxylic acid groups (broad SMARTS) is 1. The van der Waals surface area contributed by atoms with Gasteiger partial charge in [0.25, 0.3) is 0 Å². The van der Waals surface area contributed by atoms with Crippen LogP contribution in [0.4, 0.5) is 0 Å². The molecule has 4 heteroatoms. The Morgan fingerprint density at radius 1 is 1.21 bits per heavy atom. The lowest BCUT2D eigenvalue weighted by molar-refractivity contribution is -0.131. The topological polar surface area (TPSA) is 63.1 Å². The molecule has 1 aromatic rings. The van der Waals surface area contributed by atoms with Crippen molar-refractivity contribution in [1.82, 2.24) is 9.97 Å². The molecule has 0 atom stereocenters. The molecule has 24 heavy (non-hydrogen) atoms. The van der Waals surface area contributed by atoms with Crippen LogP contribution in [-0.2, 0) is 15.6 Å². The van der Waals surface area contributed by atoms with E-state index in [1.165, 1.54) is 0 Å². The second kappa shape index (κ2) is 6.60. The van der Waals surface area contributed by atoms with Gasteiger partial charge in [-0.2, -0.15) is 0 Å². The molecule has 0 fully saturated rings. The molecule has 0 spiro atoms. The van der Waals surface area contributed by atoms with Gasteiger partial charge in [0.15, 0.2) is 0 Å². The van der Waals surface area contributed by atoms with E-state index in [2.05, 4.69) is 44.5 Å². The SMILES string of the molecule is CC(/C=C/C#Cc1cnc2c(n1)C(C)(C)CCC2(C)C)=C\C(=O)O. The van der Waals surface area contributed by atoms with E-state index >= 15 is 0 Å². The standard InChI is InChI=1S/C20H24N2O2/c1-14(12-16(23)24)8-6-7-9-15-13-21-17-18(22-15)20(4,5)11-10-19(17,2)3/h6,8,12-13H,10-11H2,1-5H3,(H,23,24)/b8-6+,14-12+. The predicted octanol–water partition coefficient (Wildman–Crippen LogP) is 3.76. The molecule has 126 valence electrons. The van der Waals surface area contributed by atoms with Crippen LogP contribution in [0.3, 0.4) is 0 Å². The van der Waals surface area contributed by atoms with Crippen LogP contribution >= 0.6 is 0 Å². The first-order chi connectivity index (χ1) is 11.1. The van der Waals surface area contributed by atoms with Crippen LogP contribution in [0, 0.1) is 11.8 Å². The number of hydrogen-bond donors (Lipinski definition) is 1. The fourth-order valence-electron chi connectivity index (χ4n) is 2.81. The molecule has 0 amide bonds. The highest BCUT2D eigenvalue weighted by atomic mass is 16.4. The molecule has 0 saturated carbocycles. The summed E-state index contributed by atoms with van der Waals surface area (Å²) in [7, 11) is 0. The molecular weight excluding hydrogens is 300 g/mol. The van der Waals surface area contributed by atoms with Gasteiger partial charge in [0, 0.05) is 16.9 Å². The summed E-state index contributed by atoms with van der Waals surface area (Å²) in [6.07, 6.45) is 8.34. The summed E-state index contributed by atoms with van der Waals surface area (Å²) in [5.74, 6) is 4.91. The Labute approximate surface area is 143 Å². The summed E-state index contributed by atoms with van der Waals surface area (Å²) in [4.78, 5) is 19.9. The minimum Gasteiger partial charge on any atom is -0.478 e. The normalized spacial score (nSPS) is 18.6. The number of fused-ring (bicyclic) bond motifs is 1. The van der Waals surface area contributed by atoms with E-state index in [-0.39, 0.29) is 10.8 Å². The lowest BCUT2D eigenvalue weighted by Gasteiger charge is -2.39. The molecule has 0 aliphatic heterocycles. The van der Waals surface area contributed by atoms with Gasteiger partial charge >= 0.3 is 5.97 Å². The quantitative estimate of drug-likeness (QED) is 0.511. The van der Waals surface area contributed by atoms with E-state index in [1.54, 1.807) is 25.3 Å². The molecule has 1 heterocycles. The Bertz CT molecular complexity index is 775. The van der Waals surface area contributed by atoms with Crippen LogP contribution in [0.5, 0.6) is 0 Å². The highest BCUT2D eigenvalue weighted by Gasteiger charge is 2.39. The Morgan fingerprint density at radius 2 is 1.83 bits per heavy atom. The number of nitrogens with zero attached hydrogens (tertiary/aromatic N) is 2. The zero-order valence-corrected chi connectivity index (χ0v) is 15.0. The smallest absolute Gasteiger partial charge is 0.328 e. The van der Waals surface area contributed by atoms with E-state index in [0.29, 0.717) is 11.3 Å². The van der Waals surface area contributed by atoms with Crippen molar-refractivity contribution in [3.05, 3.63) is 47.1 Å². The van der Waals surface area contributed by atoms with Crippen LogP contribution in [0.25, 0.3) is 0 Å². The molecule has 0 aromatic carbocycles. The van der Waals surface area contributed by atoms with E-state index < -0.39 is 5.97 Å². The van der Waals surface area contributed by atoms with Gasteiger partial charge in [0.1, 0.15) is 5.69 Å². The molecule has 4 nitrogen and oxygen atoms in total. The zero-order chi connectivity index (χ0) is 18.0. The van der Waals surface area contributed by atoms with Crippen molar-refractivity contribution in [2.24, 2.45) is 0 Å². The van der Waals surface area contributed by atoms with Crippen molar-refractivity contribution in [3.8, 4) is 11.8 Å². The maximum Gasteiger partial charge on any atom is 0.328 e. The Hall–Kier alpha value is -2.41.